The minimum absolute atomic E-state index is 0.0443. The van der Waals surface area contributed by atoms with E-state index >= 15 is 0 Å². The van der Waals surface area contributed by atoms with Crippen LogP contribution in [0.4, 0.5) is 23.1 Å². The predicted molar refractivity (Wildman–Crippen MR) is 95.6 cm³/mol. The molecule has 2 amide bonds. The van der Waals surface area contributed by atoms with Crippen LogP contribution >= 0.6 is 11.3 Å². The normalized spacial score (nSPS) is 14.9. The Morgan fingerprint density at radius 3 is 2.82 bits per heavy atom. The van der Waals surface area contributed by atoms with Gasteiger partial charge < -0.3 is 9.32 Å². The molecule has 2 aromatic heterocycles. The first-order valence-electron chi connectivity index (χ1n) is 8.75. The third-order valence-electron chi connectivity index (χ3n) is 4.34. The molecule has 0 saturated carbocycles. The molecule has 0 bridgehead atoms. The van der Waals surface area contributed by atoms with Crippen molar-refractivity contribution in [3.63, 3.8) is 0 Å². The Morgan fingerprint density at radius 1 is 1.36 bits per heavy atom. The second kappa shape index (κ2) is 8.29. The van der Waals surface area contributed by atoms with Crippen molar-refractivity contribution in [3.8, 4) is 0 Å². The SMILES string of the molecule is Cc1nc(N2CCN(CCCC(F)(F)F)C2=O)sc1C(=O)CCc1cocn1. The van der Waals surface area contributed by atoms with E-state index in [4.69, 9.17) is 4.42 Å². The standard InChI is InChI=1S/C17H19F3N4O3S/c1-11-14(13(25)4-3-12-9-27-10-21-12)28-15(22-11)24-8-7-23(16(24)26)6-2-5-17(18,19)20/h9-10H,2-8H2,1H3. The fourth-order valence-electron chi connectivity index (χ4n) is 2.91. The molecule has 0 spiro atoms. The van der Waals surface area contributed by atoms with Crippen LogP contribution in [0.15, 0.2) is 17.1 Å². The van der Waals surface area contributed by atoms with Crippen LogP contribution < -0.4 is 4.90 Å². The zero-order valence-electron chi connectivity index (χ0n) is 15.2. The lowest BCUT2D eigenvalue weighted by atomic mass is 10.1. The van der Waals surface area contributed by atoms with Crippen LogP contribution in [0.5, 0.6) is 0 Å². The number of Topliss-reactive ketones (excluding diaryl/α,β-unsaturated/α-hetero) is 1. The molecule has 0 aliphatic carbocycles. The molecule has 0 N–H and O–H groups in total. The molecule has 0 aromatic carbocycles. The van der Waals surface area contributed by atoms with Gasteiger partial charge in [-0.05, 0) is 13.3 Å². The van der Waals surface area contributed by atoms with Crippen LogP contribution in [0.2, 0.25) is 0 Å². The molecular formula is C17H19F3N4O3S. The van der Waals surface area contributed by atoms with E-state index in [1.165, 1.54) is 22.5 Å². The van der Waals surface area contributed by atoms with E-state index < -0.39 is 12.6 Å². The van der Waals surface area contributed by atoms with E-state index in [9.17, 15) is 22.8 Å². The average Bonchev–Trinajstić information content (AvgIpc) is 3.33. The zero-order valence-corrected chi connectivity index (χ0v) is 16.0. The zero-order chi connectivity index (χ0) is 20.3. The molecule has 3 rings (SSSR count). The molecule has 0 atom stereocenters. The fraction of sp³-hybridized carbons (Fsp3) is 0.529. The molecule has 152 valence electrons. The predicted octanol–water partition coefficient (Wildman–Crippen LogP) is 3.84. The Hall–Kier alpha value is -2.43. The maximum absolute atomic E-state index is 12.5. The summed E-state index contributed by atoms with van der Waals surface area (Å²) < 4.78 is 41.7. The molecule has 1 aliphatic rings. The van der Waals surface area contributed by atoms with Gasteiger partial charge in [0, 0.05) is 38.9 Å². The van der Waals surface area contributed by atoms with E-state index in [1.807, 2.05) is 0 Å². The molecule has 1 saturated heterocycles. The number of oxazole rings is 1. The number of anilines is 1. The second-order valence-electron chi connectivity index (χ2n) is 6.45. The number of aromatic nitrogens is 2. The molecule has 0 radical (unpaired) electrons. The number of amides is 2. The number of halogens is 3. The second-order valence-corrected chi connectivity index (χ2v) is 7.43. The lowest BCUT2D eigenvalue weighted by Gasteiger charge is -2.17. The number of thiazole rings is 1. The number of urea groups is 1. The highest BCUT2D eigenvalue weighted by molar-refractivity contribution is 7.17. The van der Waals surface area contributed by atoms with Gasteiger partial charge in [-0.3, -0.25) is 9.69 Å². The van der Waals surface area contributed by atoms with Gasteiger partial charge in [0.25, 0.3) is 0 Å². The Morgan fingerprint density at radius 2 is 2.14 bits per heavy atom. The van der Waals surface area contributed by atoms with Crippen molar-refractivity contribution in [1.82, 2.24) is 14.9 Å². The van der Waals surface area contributed by atoms with Crippen molar-refractivity contribution >= 4 is 28.3 Å². The van der Waals surface area contributed by atoms with Gasteiger partial charge in [-0.25, -0.2) is 14.8 Å². The number of ketones is 1. The first-order chi connectivity index (χ1) is 13.2. The van der Waals surface area contributed by atoms with Gasteiger partial charge >= 0.3 is 12.2 Å². The molecular weight excluding hydrogens is 397 g/mol. The third kappa shape index (κ3) is 4.89. The number of hydrogen-bond acceptors (Lipinski definition) is 6. The molecule has 3 heterocycles. The monoisotopic (exact) mass is 416 g/mol. The Bertz CT molecular complexity index is 835. The minimum atomic E-state index is -4.23. The molecule has 1 aliphatic heterocycles. The number of carbonyl (C=O) groups excluding carboxylic acids is 2. The summed E-state index contributed by atoms with van der Waals surface area (Å²) in [5.74, 6) is -0.0991. The van der Waals surface area contributed by atoms with Crippen molar-refractivity contribution in [2.24, 2.45) is 0 Å². The average molecular weight is 416 g/mol. The van der Waals surface area contributed by atoms with Gasteiger partial charge in [-0.1, -0.05) is 11.3 Å². The highest BCUT2D eigenvalue weighted by atomic mass is 32.1. The first-order valence-corrected chi connectivity index (χ1v) is 9.57. The Kier molecular flexibility index (Phi) is 6.01. The van der Waals surface area contributed by atoms with Crippen molar-refractivity contribution in [3.05, 3.63) is 28.9 Å². The molecule has 1 fully saturated rings. The summed E-state index contributed by atoms with van der Waals surface area (Å²) in [6.07, 6.45) is -1.81. The number of carbonyl (C=O) groups is 2. The highest BCUT2D eigenvalue weighted by Gasteiger charge is 2.33. The maximum Gasteiger partial charge on any atom is 0.389 e. The van der Waals surface area contributed by atoms with Crippen LogP contribution in [0.25, 0.3) is 0 Å². The summed E-state index contributed by atoms with van der Waals surface area (Å²) in [4.78, 5) is 36.5. The van der Waals surface area contributed by atoms with Gasteiger partial charge in [0.1, 0.15) is 6.26 Å². The lowest BCUT2D eigenvalue weighted by molar-refractivity contribution is -0.135. The van der Waals surface area contributed by atoms with Crippen LogP contribution in [0, 0.1) is 6.92 Å². The third-order valence-corrected chi connectivity index (χ3v) is 5.57. The quantitative estimate of drug-likeness (QED) is 0.611. The van der Waals surface area contributed by atoms with Crippen molar-refractivity contribution in [1.29, 1.82) is 0 Å². The highest BCUT2D eigenvalue weighted by Crippen LogP contribution is 2.30. The number of rotatable bonds is 8. The van der Waals surface area contributed by atoms with E-state index in [0.717, 1.165) is 11.3 Å². The van der Waals surface area contributed by atoms with Gasteiger partial charge in [0.15, 0.2) is 17.3 Å². The van der Waals surface area contributed by atoms with E-state index in [2.05, 4.69) is 9.97 Å². The smallest absolute Gasteiger partial charge is 0.389 e. The first kappa shape index (κ1) is 20.3. The van der Waals surface area contributed by atoms with Crippen molar-refractivity contribution in [2.45, 2.75) is 38.8 Å². The fourth-order valence-corrected chi connectivity index (χ4v) is 3.96. The van der Waals surface area contributed by atoms with Crippen LogP contribution in [-0.2, 0) is 6.42 Å². The summed E-state index contributed by atoms with van der Waals surface area (Å²) in [6.45, 7) is 2.42. The molecule has 28 heavy (non-hydrogen) atoms. The van der Waals surface area contributed by atoms with Gasteiger partial charge in [0.05, 0.1) is 16.3 Å². The van der Waals surface area contributed by atoms with Gasteiger partial charge in [-0.2, -0.15) is 13.2 Å². The van der Waals surface area contributed by atoms with Crippen LogP contribution in [0.3, 0.4) is 0 Å². The number of nitrogens with zero attached hydrogens (tertiary/aromatic N) is 4. The summed E-state index contributed by atoms with van der Waals surface area (Å²) in [7, 11) is 0. The van der Waals surface area contributed by atoms with Gasteiger partial charge in [0.2, 0.25) is 0 Å². The summed E-state index contributed by atoms with van der Waals surface area (Å²) in [5, 5.41) is 0.394. The van der Waals surface area contributed by atoms with Gasteiger partial charge in [-0.15, -0.1) is 0 Å². The summed E-state index contributed by atoms with van der Waals surface area (Å²) in [5.41, 5.74) is 1.22. The Labute approximate surface area is 163 Å². The van der Waals surface area contributed by atoms with Crippen molar-refractivity contribution in [2.75, 3.05) is 24.5 Å². The number of alkyl halides is 3. The number of hydrogen-bond donors (Lipinski definition) is 0. The molecule has 11 heteroatoms. The molecule has 7 nitrogen and oxygen atoms in total. The van der Waals surface area contributed by atoms with Crippen LogP contribution in [-0.4, -0.2) is 52.5 Å². The van der Waals surface area contributed by atoms with E-state index in [1.54, 1.807) is 6.92 Å². The van der Waals surface area contributed by atoms with Crippen molar-refractivity contribution < 1.29 is 27.2 Å². The van der Waals surface area contributed by atoms with E-state index in [-0.39, 0.29) is 31.2 Å². The summed E-state index contributed by atoms with van der Waals surface area (Å²) >= 11 is 1.13. The molecule has 0 unspecified atom stereocenters. The van der Waals surface area contributed by atoms with E-state index in [0.29, 0.717) is 40.9 Å². The number of aryl methyl sites for hydroxylation is 2. The Balaban J connectivity index is 1.59. The maximum atomic E-state index is 12.5. The minimum Gasteiger partial charge on any atom is -0.451 e. The largest absolute Gasteiger partial charge is 0.451 e. The van der Waals surface area contributed by atoms with Crippen LogP contribution in [0.1, 0.15) is 40.3 Å². The summed E-state index contributed by atoms with van der Waals surface area (Å²) in [6, 6.07) is -0.377. The molecule has 2 aromatic rings. The topological polar surface area (TPSA) is 79.5 Å². The lowest BCUT2D eigenvalue weighted by Crippen LogP contribution is -2.32.